The second kappa shape index (κ2) is 3.12. The Labute approximate surface area is 61.2 Å². The van der Waals surface area contributed by atoms with Crippen molar-refractivity contribution in [3.63, 3.8) is 0 Å². The summed E-state index contributed by atoms with van der Waals surface area (Å²) in [4.78, 5) is 20.8. The van der Waals surface area contributed by atoms with Crippen molar-refractivity contribution in [1.82, 2.24) is 0 Å². The molecule has 0 N–H and O–H groups in total. The average molecular weight is 156 g/mol. The summed E-state index contributed by atoms with van der Waals surface area (Å²) in [6.45, 7) is 0.127. The zero-order valence-electron chi connectivity index (χ0n) is 4.94. The molecule has 52 valence electrons. The molecule has 3 nitrogen and oxygen atoms in total. The first-order chi connectivity index (χ1) is 4.84. The molecule has 0 amide bonds. The van der Waals surface area contributed by atoms with Crippen molar-refractivity contribution in [3.8, 4) is 0 Å². The Morgan fingerprint density at radius 3 is 3.00 bits per heavy atom. The van der Waals surface area contributed by atoms with Gasteiger partial charge >= 0.3 is 12.4 Å². The van der Waals surface area contributed by atoms with Crippen molar-refractivity contribution in [2.75, 3.05) is 0 Å². The molecule has 1 rings (SSSR count). The lowest BCUT2D eigenvalue weighted by atomic mass is 10.5. The molecule has 1 aromatic heterocycles. The van der Waals surface area contributed by atoms with E-state index in [-0.39, 0.29) is 6.47 Å². The number of carbonyl (C=O) groups excluding carboxylic acids is 2. The monoisotopic (exact) mass is 156 g/mol. The van der Waals surface area contributed by atoms with Gasteiger partial charge in [-0.25, -0.2) is 4.79 Å². The molecule has 0 bridgehead atoms. The minimum absolute atomic E-state index is 0.127. The van der Waals surface area contributed by atoms with Gasteiger partial charge in [0.05, 0.1) is 0 Å². The van der Waals surface area contributed by atoms with E-state index in [2.05, 4.69) is 4.74 Å². The predicted octanol–water partition coefficient (Wildman–Crippen LogP) is 1.06. The Bertz CT molecular complexity index is 227. The first-order valence-electron chi connectivity index (χ1n) is 2.52. The fraction of sp³-hybridized carbons (Fsp3) is 0. The quantitative estimate of drug-likeness (QED) is 0.365. The summed E-state index contributed by atoms with van der Waals surface area (Å²) in [6, 6.07) is 3.31. The lowest BCUT2D eigenvalue weighted by Crippen LogP contribution is -1.99. The highest BCUT2D eigenvalue weighted by molar-refractivity contribution is 7.12. The van der Waals surface area contributed by atoms with E-state index >= 15 is 0 Å². The van der Waals surface area contributed by atoms with E-state index in [9.17, 15) is 9.59 Å². The summed E-state index contributed by atoms with van der Waals surface area (Å²) >= 11 is 1.24. The van der Waals surface area contributed by atoms with Crippen molar-refractivity contribution in [1.29, 1.82) is 0 Å². The van der Waals surface area contributed by atoms with Crippen molar-refractivity contribution in [3.05, 3.63) is 22.4 Å². The number of carbonyl (C=O) groups is 2. The highest BCUT2D eigenvalue weighted by Gasteiger charge is 2.05. The molecule has 0 aromatic carbocycles. The second-order valence-electron chi connectivity index (χ2n) is 1.48. The lowest BCUT2D eigenvalue weighted by Gasteiger charge is -1.88. The normalized spacial score (nSPS) is 8.80. The topological polar surface area (TPSA) is 43.4 Å². The van der Waals surface area contributed by atoms with Crippen molar-refractivity contribution < 1.29 is 14.3 Å². The minimum atomic E-state index is -0.593. The Hall–Kier alpha value is -1.16. The second-order valence-corrected chi connectivity index (χ2v) is 2.43. The third-order valence-corrected chi connectivity index (χ3v) is 1.73. The van der Waals surface area contributed by atoms with Crippen LogP contribution in [0.2, 0.25) is 0 Å². The zero-order valence-corrected chi connectivity index (χ0v) is 5.76. The molecule has 1 aromatic rings. The summed E-state index contributed by atoms with van der Waals surface area (Å²) < 4.78 is 4.08. The fourth-order valence-electron chi connectivity index (χ4n) is 0.496. The van der Waals surface area contributed by atoms with Gasteiger partial charge in [0.1, 0.15) is 4.88 Å². The predicted molar refractivity (Wildman–Crippen MR) is 35.8 cm³/mol. The SMILES string of the molecule is O=COC(=O)c1cccs1. The maximum absolute atomic E-state index is 10.7. The van der Waals surface area contributed by atoms with Gasteiger partial charge in [-0.05, 0) is 11.4 Å². The minimum Gasteiger partial charge on any atom is -0.391 e. The van der Waals surface area contributed by atoms with Crippen LogP contribution in [0.4, 0.5) is 0 Å². The molecular weight excluding hydrogens is 152 g/mol. The van der Waals surface area contributed by atoms with Gasteiger partial charge in [0, 0.05) is 0 Å². The number of hydrogen-bond donors (Lipinski definition) is 0. The van der Waals surface area contributed by atoms with Crippen LogP contribution < -0.4 is 0 Å². The highest BCUT2D eigenvalue weighted by Crippen LogP contribution is 2.08. The number of thiophene rings is 1. The van der Waals surface area contributed by atoms with Crippen LogP contribution in [0.3, 0.4) is 0 Å². The van der Waals surface area contributed by atoms with E-state index in [0.29, 0.717) is 4.88 Å². The first-order valence-corrected chi connectivity index (χ1v) is 3.40. The van der Waals surface area contributed by atoms with Crippen molar-refractivity contribution in [2.24, 2.45) is 0 Å². The lowest BCUT2D eigenvalue weighted by molar-refractivity contribution is -0.123. The third-order valence-electron chi connectivity index (χ3n) is 0.878. The molecule has 0 aliphatic heterocycles. The molecule has 0 saturated carbocycles. The van der Waals surface area contributed by atoms with Gasteiger partial charge in [-0.1, -0.05) is 6.07 Å². The molecule has 0 spiro atoms. The van der Waals surface area contributed by atoms with Crippen LogP contribution in [0.5, 0.6) is 0 Å². The fourth-order valence-corrected chi connectivity index (χ4v) is 1.10. The molecule has 4 heteroatoms. The van der Waals surface area contributed by atoms with Gasteiger partial charge in [0.2, 0.25) is 0 Å². The van der Waals surface area contributed by atoms with Crippen LogP contribution in [0.15, 0.2) is 17.5 Å². The van der Waals surface area contributed by atoms with Crippen molar-refractivity contribution >= 4 is 23.8 Å². The third kappa shape index (κ3) is 1.41. The molecule has 0 saturated heterocycles. The van der Waals surface area contributed by atoms with Crippen LogP contribution in [-0.2, 0) is 9.53 Å². The van der Waals surface area contributed by atoms with E-state index in [1.165, 1.54) is 11.3 Å². The molecule has 0 aliphatic rings. The van der Waals surface area contributed by atoms with E-state index in [0.717, 1.165) is 0 Å². The van der Waals surface area contributed by atoms with Gasteiger partial charge in [-0.2, -0.15) is 0 Å². The summed E-state index contributed by atoms with van der Waals surface area (Å²) in [5.74, 6) is -0.593. The molecule has 1 heterocycles. The maximum atomic E-state index is 10.7. The van der Waals surface area contributed by atoms with Gasteiger partial charge < -0.3 is 4.74 Å². The summed E-state index contributed by atoms with van der Waals surface area (Å²) in [5, 5.41) is 1.74. The molecule has 0 radical (unpaired) electrons. The maximum Gasteiger partial charge on any atom is 0.355 e. The molecule has 0 fully saturated rings. The largest absolute Gasteiger partial charge is 0.391 e. The number of rotatable bonds is 2. The summed E-state index contributed by atoms with van der Waals surface area (Å²) in [5.41, 5.74) is 0. The van der Waals surface area contributed by atoms with Crippen LogP contribution in [0.25, 0.3) is 0 Å². The van der Waals surface area contributed by atoms with E-state index < -0.39 is 5.97 Å². The number of ether oxygens (including phenoxy) is 1. The Kier molecular flexibility index (Phi) is 2.17. The van der Waals surface area contributed by atoms with Crippen LogP contribution in [0.1, 0.15) is 9.67 Å². The average Bonchev–Trinajstić information content (AvgIpc) is 2.38. The van der Waals surface area contributed by atoms with Crippen molar-refractivity contribution in [2.45, 2.75) is 0 Å². The summed E-state index contributed by atoms with van der Waals surface area (Å²) in [6.07, 6.45) is 0. The smallest absolute Gasteiger partial charge is 0.355 e. The van der Waals surface area contributed by atoms with Gasteiger partial charge in [-0.15, -0.1) is 11.3 Å². The molecule has 0 unspecified atom stereocenters. The molecule has 0 aliphatic carbocycles. The van der Waals surface area contributed by atoms with E-state index in [1.54, 1.807) is 17.5 Å². The van der Waals surface area contributed by atoms with Crippen LogP contribution in [0, 0.1) is 0 Å². The Balaban J connectivity index is 2.68. The highest BCUT2D eigenvalue weighted by atomic mass is 32.1. The van der Waals surface area contributed by atoms with Gasteiger partial charge in [-0.3, -0.25) is 4.79 Å². The van der Waals surface area contributed by atoms with E-state index in [4.69, 9.17) is 0 Å². The number of hydrogen-bond acceptors (Lipinski definition) is 4. The molecular formula is C6H4O3S. The van der Waals surface area contributed by atoms with Crippen LogP contribution in [-0.4, -0.2) is 12.4 Å². The molecule has 10 heavy (non-hydrogen) atoms. The number of esters is 1. The standard InChI is InChI=1S/C6H4O3S/c7-4-9-6(8)5-2-1-3-10-5/h1-4H. The molecule has 0 atom stereocenters. The zero-order chi connectivity index (χ0) is 7.40. The summed E-state index contributed by atoms with van der Waals surface area (Å²) in [7, 11) is 0. The van der Waals surface area contributed by atoms with Gasteiger partial charge in [0.15, 0.2) is 0 Å². The Morgan fingerprint density at radius 1 is 1.70 bits per heavy atom. The first kappa shape index (κ1) is 6.95. The van der Waals surface area contributed by atoms with E-state index in [1.807, 2.05) is 0 Å². The Morgan fingerprint density at radius 2 is 2.50 bits per heavy atom. The van der Waals surface area contributed by atoms with Gasteiger partial charge in [0.25, 0.3) is 0 Å². The van der Waals surface area contributed by atoms with Crippen LogP contribution >= 0.6 is 11.3 Å².